The highest BCUT2D eigenvalue weighted by Gasteiger charge is 2.29. The molecule has 8 heteroatoms. The number of aromatic nitrogens is 4. The van der Waals surface area contributed by atoms with E-state index in [0.717, 1.165) is 25.3 Å². The highest BCUT2D eigenvalue weighted by molar-refractivity contribution is 5.62. The third kappa shape index (κ3) is 2.46. The van der Waals surface area contributed by atoms with Crippen LogP contribution in [0.5, 0.6) is 0 Å². The number of tetrazole rings is 1. The molecule has 2 aromatic rings. The molecule has 0 bridgehead atoms. The zero-order valence-electron chi connectivity index (χ0n) is 11.5. The van der Waals surface area contributed by atoms with E-state index in [4.69, 9.17) is 10.5 Å². The molecule has 2 atom stereocenters. The molecular formula is C13H15F2N5O. The Bertz CT molecular complexity index is 660. The van der Waals surface area contributed by atoms with Gasteiger partial charge < -0.3 is 10.5 Å². The molecule has 0 radical (unpaired) electrons. The monoisotopic (exact) mass is 295 g/mol. The van der Waals surface area contributed by atoms with E-state index in [0.29, 0.717) is 0 Å². The van der Waals surface area contributed by atoms with Crippen LogP contribution in [0, 0.1) is 11.6 Å². The number of benzene rings is 1. The van der Waals surface area contributed by atoms with E-state index < -0.39 is 11.6 Å². The minimum Gasteiger partial charge on any atom is -0.396 e. The maximum absolute atomic E-state index is 14.0. The summed E-state index contributed by atoms with van der Waals surface area (Å²) in [5.41, 5.74) is 5.46. The smallest absolute Gasteiger partial charge is 0.185 e. The maximum Gasteiger partial charge on any atom is 0.185 e. The summed E-state index contributed by atoms with van der Waals surface area (Å²) < 4.78 is 34.1. The number of nitrogens with two attached hydrogens (primary N) is 1. The van der Waals surface area contributed by atoms with Crippen molar-refractivity contribution in [1.82, 2.24) is 20.2 Å². The quantitative estimate of drug-likeness (QED) is 0.875. The van der Waals surface area contributed by atoms with Crippen molar-refractivity contribution in [2.24, 2.45) is 0 Å². The summed E-state index contributed by atoms with van der Waals surface area (Å²) in [6.07, 6.45) is 2.64. The molecular weight excluding hydrogens is 280 g/mol. The second kappa shape index (κ2) is 5.36. The molecule has 112 valence electrons. The molecule has 1 saturated carbocycles. The molecule has 2 unspecified atom stereocenters. The minimum absolute atomic E-state index is 0.0330. The third-order valence-electron chi connectivity index (χ3n) is 3.86. The molecule has 1 aromatic carbocycles. The Balaban J connectivity index is 1.98. The Morgan fingerprint density at radius 2 is 2.10 bits per heavy atom. The number of rotatable bonds is 3. The lowest BCUT2D eigenvalue weighted by Gasteiger charge is -2.13. The van der Waals surface area contributed by atoms with Crippen molar-refractivity contribution in [3.63, 3.8) is 0 Å². The molecule has 0 amide bonds. The number of anilines is 1. The summed E-state index contributed by atoms with van der Waals surface area (Å²) in [5, 5.41) is 11.4. The fraction of sp³-hybridized carbons (Fsp3) is 0.462. The van der Waals surface area contributed by atoms with Crippen molar-refractivity contribution in [2.45, 2.75) is 31.4 Å². The van der Waals surface area contributed by atoms with Gasteiger partial charge in [-0.2, -0.15) is 0 Å². The van der Waals surface area contributed by atoms with Crippen LogP contribution in [0.4, 0.5) is 14.5 Å². The third-order valence-corrected chi connectivity index (χ3v) is 3.86. The first-order valence-electron chi connectivity index (χ1n) is 6.65. The topological polar surface area (TPSA) is 78.8 Å². The van der Waals surface area contributed by atoms with E-state index >= 15 is 0 Å². The van der Waals surface area contributed by atoms with Gasteiger partial charge in [-0.3, -0.25) is 0 Å². The van der Waals surface area contributed by atoms with Gasteiger partial charge in [0, 0.05) is 13.2 Å². The largest absolute Gasteiger partial charge is 0.396 e. The van der Waals surface area contributed by atoms with Gasteiger partial charge in [0.2, 0.25) is 0 Å². The molecule has 2 N–H and O–H groups in total. The Kier molecular flexibility index (Phi) is 3.54. The molecule has 0 aliphatic heterocycles. The Labute approximate surface area is 119 Å². The van der Waals surface area contributed by atoms with Crippen molar-refractivity contribution >= 4 is 5.69 Å². The lowest BCUT2D eigenvalue weighted by Crippen LogP contribution is -2.12. The number of nitrogen functional groups attached to an aromatic ring is 1. The summed E-state index contributed by atoms with van der Waals surface area (Å²) in [6, 6.07) is 2.00. The number of halogens is 2. The van der Waals surface area contributed by atoms with Crippen LogP contribution >= 0.6 is 0 Å². The number of hydrogen-bond donors (Lipinski definition) is 1. The predicted molar refractivity (Wildman–Crippen MR) is 71.3 cm³/mol. The first-order chi connectivity index (χ1) is 10.1. The van der Waals surface area contributed by atoms with E-state index in [2.05, 4.69) is 15.5 Å². The van der Waals surface area contributed by atoms with Gasteiger partial charge in [-0.05, 0) is 35.8 Å². The molecule has 1 aliphatic carbocycles. The SMILES string of the molecule is COC1CCC(n2nnnc2-c2cc(N)c(F)cc2F)C1. The van der Waals surface area contributed by atoms with Crippen LogP contribution in [0.2, 0.25) is 0 Å². The second-order valence-corrected chi connectivity index (χ2v) is 5.13. The maximum atomic E-state index is 14.0. The second-order valence-electron chi connectivity index (χ2n) is 5.13. The molecule has 6 nitrogen and oxygen atoms in total. The Morgan fingerprint density at radius 1 is 1.29 bits per heavy atom. The van der Waals surface area contributed by atoms with Gasteiger partial charge >= 0.3 is 0 Å². The summed E-state index contributed by atoms with van der Waals surface area (Å²) >= 11 is 0. The van der Waals surface area contributed by atoms with Crippen molar-refractivity contribution in [2.75, 3.05) is 12.8 Å². The van der Waals surface area contributed by atoms with Crippen LogP contribution in [0.25, 0.3) is 11.4 Å². The van der Waals surface area contributed by atoms with Gasteiger partial charge in [-0.1, -0.05) is 0 Å². The summed E-state index contributed by atoms with van der Waals surface area (Å²) in [6.45, 7) is 0. The summed E-state index contributed by atoms with van der Waals surface area (Å²) in [4.78, 5) is 0. The van der Waals surface area contributed by atoms with Crippen LogP contribution in [0.3, 0.4) is 0 Å². The van der Waals surface area contributed by atoms with Crippen LogP contribution in [0.1, 0.15) is 25.3 Å². The van der Waals surface area contributed by atoms with Gasteiger partial charge in [0.25, 0.3) is 0 Å². The van der Waals surface area contributed by atoms with E-state index in [9.17, 15) is 8.78 Å². The average Bonchev–Trinajstić information content (AvgIpc) is 3.10. The molecule has 3 rings (SSSR count). The van der Waals surface area contributed by atoms with E-state index in [-0.39, 0.29) is 29.2 Å². The van der Waals surface area contributed by atoms with E-state index in [1.165, 1.54) is 6.07 Å². The van der Waals surface area contributed by atoms with Crippen molar-refractivity contribution < 1.29 is 13.5 Å². The highest BCUT2D eigenvalue weighted by atomic mass is 19.1. The van der Waals surface area contributed by atoms with E-state index in [1.54, 1.807) is 11.8 Å². The van der Waals surface area contributed by atoms with E-state index in [1.807, 2.05) is 0 Å². The lowest BCUT2D eigenvalue weighted by molar-refractivity contribution is 0.105. The molecule has 1 aromatic heterocycles. The normalized spacial score (nSPS) is 21.9. The Morgan fingerprint density at radius 3 is 2.81 bits per heavy atom. The van der Waals surface area contributed by atoms with Gasteiger partial charge in [0.05, 0.1) is 23.4 Å². The van der Waals surface area contributed by atoms with Crippen LogP contribution in [-0.4, -0.2) is 33.4 Å². The van der Waals surface area contributed by atoms with Gasteiger partial charge in [-0.25, -0.2) is 13.5 Å². The van der Waals surface area contributed by atoms with Gasteiger partial charge in [0.15, 0.2) is 5.82 Å². The highest BCUT2D eigenvalue weighted by Crippen LogP contribution is 2.34. The number of ether oxygens (including phenoxy) is 1. The first kappa shape index (κ1) is 13.9. The van der Waals surface area contributed by atoms with Gasteiger partial charge in [-0.15, -0.1) is 5.10 Å². The summed E-state index contributed by atoms with van der Waals surface area (Å²) in [5.74, 6) is -1.28. The molecule has 1 fully saturated rings. The lowest BCUT2D eigenvalue weighted by atomic mass is 10.1. The van der Waals surface area contributed by atoms with Crippen LogP contribution in [-0.2, 0) is 4.74 Å². The molecule has 1 aliphatic rings. The van der Waals surface area contributed by atoms with Crippen LogP contribution in [0.15, 0.2) is 12.1 Å². The minimum atomic E-state index is -0.796. The zero-order chi connectivity index (χ0) is 15.0. The van der Waals surface area contributed by atoms with Crippen molar-refractivity contribution in [3.05, 3.63) is 23.8 Å². The van der Waals surface area contributed by atoms with Gasteiger partial charge in [0.1, 0.15) is 11.6 Å². The number of methoxy groups -OCH3 is 1. The van der Waals surface area contributed by atoms with Crippen molar-refractivity contribution in [3.8, 4) is 11.4 Å². The zero-order valence-corrected chi connectivity index (χ0v) is 11.5. The predicted octanol–water partition coefficient (Wildman–Crippen LogP) is 1.94. The Hall–Kier alpha value is -2.09. The van der Waals surface area contributed by atoms with Crippen LogP contribution < -0.4 is 5.73 Å². The fourth-order valence-electron chi connectivity index (χ4n) is 2.71. The standard InChI is InChI=1S/C13H15F2N5O/c1-21-8-3-2-7(4-8)20-13(17-18-19-20)9-5-12(16)11(15)6-10(9)14/h5-8H,2-4,16H2,1H3. The number of hydrogen-bond acceptors (Lipinski definition) is 5. The fourth-order valence-corrected chi connectivity index (χ4v) is 2.71. The van der Waals surface area contributed by atoms with Crippen molar-refractivity contribution in [1.29, 1.82) is 0 Å². The summed E-state index contributed by atoms with van der Waals surface area (Å²) in [7, 11) is 1.66. The first-order valence-corrected chi connectivity index (χ1v) is 6.65. The molecule has 0 saturated heterocycles. The molecule has 0 spiro atoms. The number of nitrogens with zero attached hydrogens (tertiary/aromatic N) is 4. The average molecular weight is 295 g/mol. The molecule has 21 heavy (non-hydrogen) atoms. The molecule has 1 heterocycles.